The Morgan fingerprint density at radius 2 is 2.29 bits per heavy atom. The molecule has 0 amide bonds. The largest absolute Gasteiger partial charge is 0.381 e. The predicted octanol–water partition coefficient (Wildman–Crippen LogP) is 2.97. The molecule has 108 valence electrons. The predicted molar refractivity (Wildman–Crippen MR) is 83.3 cm³/mol. The van der Waals surface area contributed by atoms with Gasteiger partial charge >= 0.3 is 0 Å². The van der Waals surface area contributed by atoms with E-state index in [1.54, 1.807) is 0 Å². The first-order valence-corrected chi connectivity index (χ1v) is 7.36. The zero-order valence-corrected chi connectivity index (χ0v) is 12.2. The second-order valence-corrected chi connectivity index (χ2v) is 5.62. The van der Waals surface area contributed by atoms with Crippen LogP contribution in [0.3, 0.4) is 0 Å². The molecule has 3 rings (SSSR count). The van der Waals surface area contributed by atoms with Crippen molar-refractivity contribution in [2.75, 3.05) is 31.7 Å². The zero-order valence-electron chi connectivity index (χ0n) is 12.2. The number of fused-ring (bicyclic) bond motifs is 1. The third kappa shape index (κ3) is 2.98. The van der Waals surface area contributed by atoms with E-state index in [1.165, 1.54) is 6.42 Å². The maximum Gasteiger partial charge on any atom is 0.130 e. The van der Waals surface area contributed by atoms with Crippen molar-refractivity contribution in [3.63, 3.8) is 0 Å². The van der Waals surface area contributed by atoms with Crippen LogP contribution >= 0.6 is 0 Å². The summed E-state index contributed by atoms with van der Waals surface area (Å²) in [6, 6.07) is 11.9. The van der Waals surface area contributed by atoms with Crippen LogP contribution in [0.5, 0.6) is 0 Å². The van der Waals surface area contributed by atoms with Crippen LogP contribution in [-0.4, -0.2) is 31.8 Å². The SMILES string of the molecule is CN(CC1CCCOC1)c1cc(C#N)c2ccccc2n1. The Morgan fingerprint density at radius 1 is 1.43 bits per heavy atom. The van der Waals surface area contributed by atoms with Crippen molar-refractivity contribution in [1.29, 1.82) is 5.26 Å². The summed E-state index contributed by atoms with van der Waals surface area (Å²) in [5, 5.41) is 10.3. The number of benzene rings is 1. The van der Waals surface area contributed by atoms with E-state index in [0.29, 0.717) is 11.5 Å². The van der Waals surface area contributed by atoms with Gasteiger partial charge in [-0.25, -0.2) is 4.98 Å². The summed E-state index contributed by atoms with van der Waals surface area (Å²) in [6.45, 7) is 2.62. The summed E-state index contributed by atoms with van der Waals surface area (Å²) in [6.07, 6.45) is 2.33. The van der Waals surface area contributed by atoms with E-state index in [4.69, 9.17) is 4.74 Å². The first kappa shape index (κ1) is 13.8. The van der Waals surface area contributed by atoms with E-state index in [-0.39, 0.29) is 0 Å². The van der Waals surface area contributed by atoms with Crippen molar-refractivity contribution in [3.05, 3.63) is 35.9 Å². The Morgan fingerprint density at radius 3 is 3.05 bits per heavy atom. The van der Waals surface area contributed by atoms with Crippen LogP contribution in [0.4, 0.5) is 5.82 Å². The van der Waals surface area contributed by atoms with Gasteiger partial charge in [0, 0.05) is 25.6 Å². The molecule has 0 bridgehead atoms. The highest BCUT2D eigenvalue weighted by Gasteiger charge is 2.17. The highest BCUT2D eigenvalue weighted by molar-refractivity contribution is 5.86. The van der Waals surface area contributed by atoms with Gasteiger partial charge in [0.05, 0.1) is 23.8 Å². The average Bonchev–Trinajstić information content (AvgIpc) is 2.54. The molecule has 1 aliphatic heterocycles. The zero-order chi connectivity index (χ0) is 14.7. The number of nitrogens with zero attached hydrogens (tertiary/aromatic N) is 3. The molecular weight excluding hydrogens is 262 g/mol. The molecule has 1 aliphatic rings. The van der Waals surface area contributed by atoms with E-state index < -0.39 is 0 Å². The van der Waals surface area contributed by atoms with E-state index >= 15 is 0 Å². The minimum absolute atomic E-state index is 0.544. The molecule has 0 saturated carbocycles. The molecule has 4 nitrogen and oxygen atoms in total. The molecule has 1 atom stereocenters. The van der Waals surface area contributed by atoms with E-state index in [1.807, 2.05) is 37.4 Å². The summed E-state index contributed by atoms with van der Waals surface area (Å²) in [7, 11) is 2.03. The maximum atomic E-state index is 9.35. The van der Waals surface area contributed by atoms with E-state index in [9.17, 15) is 5.26 Å². The van der Waals surface area contributed by atoms with Crippen molar-refractivity contribution in [1.82, 2.24) is 4.98 Å². The van der Waals surface area contributed by atoms with Crippen LogP contribution in [0, 0.1) is 17.2 Å². The van der Waals surface area contributed by atoms with Gasteiger partial charge in [0.2, 0.25) is 0 Å². The average molecular weight is 281 g/mol. The molecule has 1 fully saturated rings. The number of ether oxygens (including phenoxy) is 1. The minimum atomic E-state index is 0.544. The molecule has 0 N–H and O–H groups in total. The Bertz CT molecular complexity index is 671. The topological polar surface area (TPSA) is 49.1 Å². The lowest BCUT2D eigenvalue weighted by Crippen LogP contribution is -2.31. The monoisotopic (exact) mass is 281 g/mol. The lowest BCUT2D eigenvalue weighted by Gasteiger charge is -2.28. The minimum Gasteiger partial charge on any atom is -0.381 e. The highest BCUT2D eigenvalue weighted by atomic mass is 16.5. The number of rotatable bonds is 3. The lowest BCUT2D eigenvalue weighted by molar-refractivity contribution is 0.0576. The molecule has 1 unspecified atom stereocenters. The van der Waals surface area contributed by atoms with Gasteiger partial charge in [-0.15, -0.1) is 0 Å². The number of anilines is 1. The third-order valence-corrected chi connectivity index (χ3v) is 4.00. The van der Waals surface area contributed by atoms with Crippen LogP contribution < -0.4 is 4.90 Å². The summed E-state index contributed by atoms with van der Waals surface area (Å²) >= 11 is 0. The van der Waals surface area contributed by atoms with Crippen molar-refractivity contribution in [3.8, 4) is 6.07 Å². The molecule has 2 aromatic rings. The van der Waals surface area contributed by atoms with Gasteiger partial charge in [-0.1, -0.05) is 18.2 Å². The molecule has 1 saturated heterocycles. The third-order valence-electron chi connectivity index (χ3n) is 4.00. The molecule has 4 heteroatoms. The second kappa shape index (κ2) is 6.11. The normalized spacial score (nSPS) is 18.4. The van der Waals surface area contributed by atoms with Crippen LogP contribution in [-0.2, 0) is 4.74 Å². The van der Waals surface area contributed by atoms with Gasteiger partial charge in [-0.2, -0.15) is 5.26 Å². The van der Waals surface area contributed by atoms with Crippen LogP contribution in [0.15, 0.2) is 30.3 Å². The number of nitriles is 1. The van der Waals surface area contributed by atoms with Gasteiger partial charge in [0.15, 0.2) is 0 Å². The number of pyridine rings is 1. The molecule has 1 aromatic carbocycles. The lowest BCUT2D eigenvalue weighted by atomic mass is 10.0. The number of aromatic nitrogens is 1. The Balaban J connectivity index is 1.87. The fourth-order valence-electron chi connectivity index (χ4n) is 2.88. The van der Waals surface area contributed by atoms with Crippen LogP contribution in [0.1, 0.15) is 18.4 Å². The van der Waals surface area contributed by atoms with Gasteiger partial charge in [-0.05, 0) is 30.9 Å². The quantitative estimate of drug-likeness (QED) is 0.868. The van der Waals surface area contributed by atoms with Crippen LogP contribution in [0.2, 0.25) is 0 Å². The standard InChI is InChI=1S/C17H19N3O/c1-20(11-13-5-4-8-21-12-13)17-9-14(10-18)15-6-2-3-7-16(15)19-17/h2-3,6-7,9,13H,4-5,8,11-12H2,1H3. The maximum absolute atomic E-state index is 9.35. The van der Waals surface area contributed by atoms with Crippen molar-refractivity contribution in [2.45, 2.75) is 12.8 Å². The summed E-state index contributed by atoms with van der Waals surface area (Å²) < 4.78 is 5.53. The molecule has 0 aliphatic carbocycles. The van der Waals surface area contributed by atoms with Gasteiger partial charge < -0.3 is 9.64 Å². The number of hydrogen-bond acceptors (Lipinski definition) is 4. The summed E-state index contributed by atoms with van der Waals surface area (Å²) in [4.78, 5) is 6.81. The number of hydrogen-bond donors (Lipinski definition) is 0. The molecular formula is C17H19N3O. The fraction of sp³-hybridized carbons (Fsp3) is 0.412. The Labute approximate surface area is 125 Å². The Hall–Kier alpha value is -2.12. The van der Waals surface area contributed by atoms with Gasteiger partial charge in [0.25, 0.3) is 0 Å². The smallest absolute Gasteiger partial charge is 0.130 e. The first-order valence-electron chi connectivity index (χ1n) is 7.36. The summed E-state index contributed by atoms with van der Waals surface area (Å²) in [5.74, 6) is 1.40. The van der Waals surface area contributed by atoms with Crippen molar-refractivity contribution >= 4 is 16.7 Å². The van der Waals surface area contributed by atoms with Crippen molar-refractivity contribution in [2.24, 2.45) is 5.92 Å². The second-order valence-electron chi connectivity index (χ2n) is 5.62. The van der Waals surface area contributed by atoms with Crippen LogP contribution in [0.25, 0.3) is 10.9 Å². The summed E-state index contributed by atoms with van der Waals surface area (Å²) in [5.41, 5.74) is 1.56. The molecule has 2 heterocycles. The van der Waals surface area contributed by atoms with E-state index in [2.05, 4.69) is 16.0 Å². The first-order chi connectivity index (χ1) is 10.3. The van der Waals surface area contributed by atoms with Gasteiger partial charge in [0.1, 0.15) is 5.82 Å². The molecule has 0 radical (unpaired) electrons. The van der Waals surface area contributed by atoms with Crippen molar-refractivity contribution < 1.29 is 4.74 Å². The Kier molecular flexibility index (Phi) is 4.03. The molecule has 0 spiro atoms. The van der Waals surface area contributed by atoms with Gasteiger partial charge in [-0.3, -0.25) is 0 Å². The molecule has 1 aromatic heterocycles. The highest BCUT2D eigenvalue weighted by Crippen LogP contribution is 2.23. The fourth-order valence-corrected chi connectivity index (χ4v) is 2.88. The molecule has 21 heavy (non-hydrogen) atoms. The van der Waals surface area contributed by atoms with E-state index in [0.717, 1.165) is 42.9 Å². The number of para-hydroxylation sites is 1.